The van der Waals surface area contributed by atoms with Gasteiger partial charge in [-0.1, -0.05) is 0 Å². The minimum absolute atomic E-state index is 0.643. The lowest BCUT2D eigenvalue weighted by Gasteiger charge is -2.08. The Hall–Kier alpha value is -1.95. The number of rotatable bonds is 2. The van der Waals surface area contributed by atoms with Gasteiger partial charge in [0.05, 0.1) is 18.9 Å². The number of nitriles is 1. The molecule has 0 atom stereocenters. The average molecular weight is 202 g/mol. The highest BCUT2D eigenvalue weighted by Gasteiger charge is 2.04. The molecule has 0 fully saturated rings. The number of hydrogen-bond acceptors (Lipinski definition) is 3. The first-order valence-electron chi connectivity index (χ1n) is 4.61. The minimum Gasteiger partial charge on any atom is -0.495 e. The molecular weight excluding hydrogens is 188 g/mol. The van der Waals surface area contributed by atoms with Gasteiger partial charge in [-0.3, -0.25) is 0 Å². The summed E-state index contributed by atoms with van der Waals surface area (Å²) < 4.78 is 5.14. The lowest BCUT2D eigenvalue weighted by molar-refractivity contribution is 0.416. The molecule has 1 aromatic carbocycles. The molecule has 2 N–H and O–H groups in total. The van der Waals surface area contributed by atoms with Crippen LogP contribution in [0.15, 0.2) is 17.7 Å². The first-order valence-corrected chi connectivity index (χ1v) is 4.61. The molecule has 0 saturated heterocycles. The van der Waals surface area contributed by atoms with E-state index in [0.29, 0.717) is 17.0 Å². The fraction of sp³-hybridized carbons (Fsp3) is 0.250. The topological polar surface area (TPSA) is 59.0 Å². The SMILES string of the molecule is COc1cc(/C=C(\C)C#N)cc(C)c1N. The lowest BCUT2D eigenvalue weighted by Crippen LogP contribution is -1.96. The van der Waals surface area contributed by atoms with Crippen molar-refractivity contribution in [3.05, 3.63) is 28.8 Å². The second-order valence-corrected chi connectivity index (χ2v) is 3.39. The molecule has 0 radical (unpaired) electrons. The van der Waals surface area contributed by atoms with E-state index in [-0.39, 0.29) is 0 Å². The molecule has 3 nitrogen and oxygen atoms in total. The maximum Gasteiger partial charge on any atom is 0.142 e. The van der Waals surface area contributed by atoms with Gasteiger partial charge in [0.15, 0.2) is 0 Å². The number of benzene rings is 1. The summed E-state index contributed by atoms with van der Waals surface area (Å²) in [6.45, 7) is 3.68. The summed E-state index contributed by atoms with van der Waals surface area (Å²) in [6, 6.07) is 5.83. The molecule has 0 aliphatic heterocycles. The summed E-state index contributed by atoms with van der Waals surface area (Å²) in [5.74, 6) is 0.645. The van der Waals surface area contributed by atoms with Gasteiger partial charge in [0.25, 0.3) is 0 Å². The summed E-state index contributed by atoms with van der Waals surface area (Å²) in [6.07, 6.45) is 1.80. The first kappa shape index (κ1) is 11.1. The highest BCUT2D eigenvalue weighted by Crippen LogP contribution is 2.27. The van der Waals surface area contributed by atoms with Crippen LogP contribution in [0.1, 0.15) is 18.1 Å². The minimum atomic E-state index is 0.643. The number of nitrogens with two attached hydrogens (primary N) is 1. The molecule has 0 aromatic heterocycles. The van der Waals surface area contributed by atoms with Crippen molar-refractivity contribution in [1.29, 1.82) is 5.26 Å². The van der Waals surface area contributed by atoms with Crippen molar-refractivity contribution in [2.45, 2.75) is 13.8 Å². The summed E-state index contributed by atoms with van der Waals surface area (Å²) in [5, 5.41) is 8.67. The van der Waals surface area contributed by atoms with Crippen LogP contribution in [0.5, 0.6) is 5.75 Å². The van der Waals surface area contributed by atoms with Crippen LogP contribution < -0.4 is 10.5 Å². The van der Waals surface area contributed by atoms with E-state index in [2.05, 4.69) is 6.07 Å². The predicted octanol–water partition coefficient (Wildman–Crippen LogP) is 2.51. The quantitative estimate of drug-likeness (QED) is 0.592. The monoisotopic (exact) mass is 202 g/mol. The highest BCUT2D eigenvalue weighted by atomic mass is 16.5. The predicted molar refractivity (Wildman–Crippen MR) is 61.4 cm³/mol. The van der Waals surface area contributed by atoms with Crippen LogP contribution in [0, 0.1) is 18.3 Å². The molecule has 0 unspecified atom stereocenters. The van der Waals surface area contributed by atoms with Gasteiger partial charge in [-0.25, -0.2) is 0 Å². The van der Waals surface area contributed by atoms with Crippen molar-refractivity contribution in [2.24, 2.45) is 0 Å². The van der Waals surface area contributed by atoms with Crippen LogP contribution >= 0.6 is 0 Å². The third-order valence-corrected chi connectivity index (χ3v) is 2.15. The molecule has 78 valence electrons. The molecule has 1 rings (SSSR count). The van der Waals surface area contributed by atoms with Crippen LogP contribution in [-0.2, 0) is 0 Å². The van der Waals surface area contributed by atoms with Crippen molar-refractivity contribution in [3.8, 4) is 11.8 Å². The van der Waals surface area contributed by atoms with Gasteiger partial charge < -0.3 is 10.5 Å². The summed E-state index contributed by atoms with van der Waals surface area (Å²) in [4.78, 5) is 0. The van der Waals surface area contributed by atoms with E-state index >= 15 is 0 Å². The Bertz CT molecular complexity index is 442. The summed E-state index contributed by atoms with van der Waals surface area (Å²) >= 11 is 0. The summed E-state index contributed by atoms with van der Waals surface area (Å²) in [5.41, 5.74) is 8.99. The van der Waals surface area contributed by atoms with Gasteiger partial charge in [-0.2, -0.15) is 5.26 Å². The van der Waals surface area contributed by atoms with Crippen molar-refractivity contribution in [3.63, 3.8) is 0 Å². The number of aryl methyl sites for hydroxylation is 1. The van der Waals surface area contributed by atoms with Gasteiger partial charge in [-0.05, 0) is 43.2 Å². The number of ether oxygens (including phenoxy) is 1. The molecule has 0 saturated carbocycles. The number of allylic oxidation sites excluding steroid dienone is 1. The van der Waals surface area contributed by atoms with Crippen LogP contribution in [0.4, 0.5) is 5.69 Å². The van der Waals surface area contributed by atoms with Crippen LogP contribution in [0.2, 0.25) is 0 Å². The van der Waals surface area contributed by atoms with Gasteiger partial charge in [0, 0.05) is 5.57 Å². The Morgan fingerprint density at radius 2 is 2.20 bits per heavy atom. The zero-order valence-electron chi connectivity index (χ0n) is 9.16. The molecule has 0 heterocycles. The van der Waals surface area contributed by atoms with Crippen LogP contribution in [0.25, 0.3) is 6.08 Å². The van der Waals surface area contributed by atoms with E-state index in [1.54, 1.807) is 20.1 Å². The number of hydrogen-bond donors (Lipinski definition) is 1. The van der Waals surface area contributed by atoms with Crippen molar-refractivity contribution < 1.29 is 4.74 Å². The fourth-order valence-electron chi connectivity index (χ4n) is 1.33. The van der Waals surface area contributed by atoms with E-state index in [4.69, 9.17) is 15.7 Å². The van der Waals surface area contributed by atoms with Gasteiger partial charge in [0.1, 0.15) is 5.75 Å². The smallest absolute Gasteiger partial charge is 0.142 e. The molecule has 0 amide bonds. The largest absolute Gasteiger partial charge is 0.495 e. The van der Waals surface area contributed by atoms with Gasteiger partial charge >= 0.3 is 0 Å². The molecular formula is C12H14N2O. The average Bonchev–Trinajstić information content (AvgIpc) is 2.22. The first-order chi connectivity index (χ1) is 7.08. The Kier molecular flexibility index (Phi) is 3.35. The molecule has 3 heteroatoms. The maximum absolute atomic E-state index is 8.67. The molecule has 15 heavy (non-hydrogen) atoms. The zero-order chi connectivity index (χ0) is 11.4. The highest BCUT2D eigenvalue weighted by molar-refractivity contribution is 5.67. The second kappa shape index (κ2) is 4.52. The molecule has 0 spiro atoms. The lowest BCUT2D eigenvalue weighted by atomic mass is 10.1. The Morgan fingerprint density at radius 3 is 2.73 bits per heavy atom. The van der Waals surface area contributed by atoms with E-state index in [0.717, 1.165) is 11.1 Å². The number of nitrogens with zero attached hydrogens (tertiary/aromatic N) is 1. The van der Waals surface area contributed by atoms with Gasteiger partial charge in [-0.15, -0.1) is 0 Å². The van der Waals surface area contributed by atoms with Crippen molar-refractivity contribution >= 4 is 11.8 Å². The Morgan fingerprint density at radius 1 is 1.53 bits per heavy atom. The van der Waals surface area contributed by atoms with Crippen molar-refractivity contribution in [2.75, 3.05) is 12.8 Å². The van der Waals surface area contributed by atoms with E-state index < -0.39 is 0 Å². The fourth-order valence-corrected chi connectivity index (χ4v) is 1.33. The molecule has 0 bridgehead atoms. The maximum atomic E-state index is 8.67. The van der Waals surface area contributed by atoms with E-state index in [1.807, 2.05) is 19.1 Å². The normalized spacial score (nSPS) is 10.9. The van der Waals surface area contributed by atoms with E-state index in [9.17, 15) is 0 Å². The van der Waals surface area contributed by atoms with Crippen LogP contribution in [0.3, 0.4) is 0 Å². The zero-order valence-corrected chi connectivity index (χ0v) is 9.16. The number of anilines is 1. The third-order valence-electron chi connectivity index (χ3n) is 2.15. The van der Waals surface area contributed by atoms with Gasteiger partial charge in [0.2, 0.25) is 0 Å². The molecule has 0 aliphatic rings. The Labute approximate surface area is 89.8 Å². The van der Waals surface area contributed by atoms with E-state index in [1.165, 1.54) is 0 Å². The second-order valence-electron chi connectivity index (χ2n) is 3.39. The standard InChI is InChI=1S/C12H14N2O/c1-8(7-13)4-10-5-9(2)12(14)11(6-10)15-3/h4-6H,14H2,1-3H3/b8-4+. The van der Waals surface area contributed by atoms with Crippen LogP contribution in [-0.4, -0.2) is 7.11 Å². The number of nitrogen functional groups attached to an aromatic ring is 1. The third kappa shape index (κ3) is 2.50. The summed E-state index contributed by atoms with van der Waals surface area (Å²) in [7, 11) is 1.58. The number of methoxy groups -OCH3 is 1. The molecule has 0 aliphatic carbocycles. The Balaban J connectivity index is 3.24. The van der Waals surface area contributed by atoms with Crippen molar-refractivity contribution in [1.82, 2.24) is 0 Å². The molecule has 1 aromatic rings.